The molecule has 3 aromatic rings. The minimum atomic E-state index is -0.231. The van der Waals surface area contributed by atoms with Crippen molar-refractivity contribution in [1.82, 2.24) is 4.98 Å². The summed E-state index contributed by atoms with van der Waals surface area (Å²) in [5, 5.41) is 6.08. The van der Waals surface area contributed by atoms with E-state index in [9.17, 15) is 4.79 Å². The Morgan fingerprint density at radius 2 is 1.71 bits per heavy atom. The number of halogens is 1. The van der Waals surface area contributed by atoms with Gasteiger partial charge in [0.2, 0.25) is 0 Å². The molecule has 0 atom stereocenters. The highest BCUT2D eigenvalue weighted by Gasteiger charge is 2.07. The first-order valence-corrected chi connectivity index (χ1v) is 8.27. The van der Waals surface area contributed by atoms with Crippen molar-refractivity contribution in [2.24, 2.45) is 0 Å². The van der Waals surface area contributed by atoms with E-state index in [1.807, 2.05) is 61.5 Å². The Balaban J connectivity index is 1.68. The van der Waals surface area contributed by atoms with Crippen LogP contribution >= 0.6 is 15.9 Å². The third-order valence-corrected chi connectivity index (χ3v) is 4.34. The average molecular weight is 382 g/mol. The molecule has 1 aromatic heterocycles. The lowest BCUT2D eigenvalue weighted by molar-refractivity contribution is 0.102. The number of benzene rings is 2. The highest BCUT2D eigenvalue weighted by atomic mass is 79.9. The van der Waals surface area contributed by atoms with E-state index in [2.05, 4.69) is 31.5 Å². The molecular formula is C19H16BrN3O. The maximum Gasteiger partial charge on any atom is 0.274 e. The topological polar surface area (TPSA) is 54.0 Å². The van der Waals surface area contributed by atoms with Crippen LogP contribution < -0.4 is 10.6 Å². The fraction of sp³-hybridized carbons (Fsp3) is 0.0526. The number of nitrogens with zero attached hydrogens (tertiary/aromatic N) is 1. The Labute approximate surface area is 149 Å². The molecule has 0 saturated heterocycles. The second-order valence-corrected chi connectivity index (χ2v) is 6.20. The van der Waals surface area contributed by atoms with Gasteiger partial charge in [-0.3, -0.25) is 4.79 Å². The lowest BCUT2D eigenvalue weighted by Crippen LogP contribution is -2.13. The van der Waals surface area contributed by atoms with Gasteiger partial charge in [0.1, 0.15) is 5.69 Å². The molecule has 1 heterocycles. The van der Waals surface area contributed by atoms with E-state index in [0.29, 0.717) is 5.69 Å². The molecule has 2 aromatic carbocycles. The summed E-state index contributed by atoms with van der Waals surface area (Å²) in [6, 6.07) is 18.9. The minimum Gasteiger partial charge on any atom is -0.354 e. The van der Waals surface area contributed by atoms with Gasteiger partial charge in [0.05, 0.1) is 11.9 Å². The summed E-state index contributed by atoms with van der Waals surface area (Å²) in [4.78, 5) is 16.4. The summed E-state index contributed by atoms with van der Waals surface area (Å²) < 4.78 is 1.04. The van der Waals surface area contributed by atoms with E-state index in [4.69, 9.17) is 0 Å². The van der Waals surface area contributed by atoms with Gasteiger partial charge < -0.3 is 10.6 Å². The molecule has 4 nitrogen and oxygen atoms in total. The van der Waals surface area contributed by atoms with Crippen LogP contribution in [-0.2, 0) is 0 Å². The number of nitrogens with one attached hydrogen (secondary N) is 2. The van der Waals surface area contributed by atoms with Gasteiger partial charge in [-0.25, -0.2) is 4.98 Å². The molecule has 0 fully saturated rings. The van der Waals surface area contributed by atoms with Gasteiger partial charge in [0, 0.05) is 15.8 Å². The molecule has 24 heavy (non-hydrogen) atoms. The second kappa shape index (κ2) is 7.27. The molecule has 0 aliphatic heterocycles. The van der Waals surface area contributed by atoms with Gasteiger partial charge in [-0.2, -0.15) is 0 Å². The lowest BCUT2D eigenvalue weighted by atomic mass is 10.2. The first-order valence-electron chi connectivity index (χ1n) is 7.47. The first kappa shape index (κ1) is 16.2. The fourth-order valence-electron chi connectivity index (χ4n) is 2.16. The van der Waals surface area contributed by atoms with Gasteiger partial charge in [-0.05, 0) is 48.9 Å². The minimum absolute atomic E-state index is 0.231. The molecule has 0 aliphatic rings. The van der Waals surface area contributed by atoms with Crippen LogP contribution in [0.5, 0.6) is 0 Å². The number of anilines is 3. The van der Waals surface area contributed by atoms with E-state index in [1.165, 1.54) is 5.56 Å². The number of aromatic nitrogens is 1. The molecule has 0 bridgehead atoms. The molecule has 120 valence electrons. The van der Waals surface area contributed by atoms with Crippen molar-refractivity contribution < 1.29 is 4.79 Å². The molecule has 0 spiro atoms. The van der Waals surface area contributed by atoms with Crippen molar-refractivity contribution in [1.29, 1.82) is 0 Å². The maximum atomic E-state index is 12.2. The summed E-state index contributed by atoms with van der Waals surface area (Å²) in [6.45, 7) is 2.04. The van der Waals surface area contributed by atoms with Crippen LogP contribution in [0.3, 0.4) is 0 Å². The monoisotopic (exact) mass is 381 g/mol. The smallest absolute Gasteiger partial charge is 0.274 e. The largest absolute Gasteiger partial charge is 0.354 e. The van der Waals surface area contributed by atoms with Crippen LogP contribution in [0, 0.1) is 6.92 Å². The predicted molar refractivity (Wildman–Crippen MR) is 101 cm³/mol. The van der Waals surface area contributed by atoms with Gasteiger partial charge in [-0.15, -0.1) is 0 Å². The standard InChI is InChI=1S/C19H16BrN3O/c1-13-7-8-15(11-17(13)20)22-16-9-10-18(21-12-16)19(24)23-14-5-3-2-4-6-14/h2-12,22H,1H3,(H,23,24). The zero-order chi connectivity index (χ0) is 16.9. The first-order chi connectivity index (χ1) is 11.6. The third-order valence-electron chi connectivity index (χ3n) is 3.49. The quantitative estimate of drug-likeness (QED) is 0.656. The predicted octanol–water partition coefficient (Wildman–Crippen LogP) is 5.15. The summed E-state index contributed by atoms with van der Waals surface area (Å²) >= 11 is 3.51. The van der Waals surface area contributed by atoms with E-state index >= 15 is 0 Å². The molecule has 5 heteroatoms. The van der Waals surface area contributed by atoms with Crippen LogP contribution in [0.15, 0.2) is 71.3 Å². The zero-order valence-electron chi connectivity index (χ0n) is 13.1. The molecule has 2 N–H and O–H groups in total. The Kier molecular flexibility index (Phi) is 4.91. The fourth-order valence-corrected chi connectivity index (χ4v) is 2.53. The average Bonchev–Trinajstić information content (AvgIpc) is 2.60. The number of pyridine rings is 1. The Morgan fingerprint density at radius 3 is 2.38 bits per heavy atom. The number of hydrogen-bond acceptors (Lipinski definition) is 3. The van der Waals surface area contributed by atoms with Crippen LogP contribution in [-0.4, -0.2) is 10.9 Å². The summed E-state index contributed by atoms with van der Waals surface area (Å²) in [7, 11) is 0. The van der Waals surface area contributed by atoms with Crippen molar-refractivity contribution in [3.8, 4) is 0 Å². The van der Waals surface area contributed by atoms with Crippen molar-refractivity contribution in [2.75, 3.05) is 10.6 Å². The molecule has 0 aliphatic carbocycles. The van der Waals surface area contributed by atoms with E-state index < -0.39 is 0 Å². The molecule has 1 amide bonds. The van der Waals surface area contributed by atoms with Crippen LogP contribution in [0.4, 0.5) is 17.1 Å². The van der Waals surface area contributed by atoms with Crippen molar-refractivity contribution >= 4 is 38.9 Å². The van der Waals surface area contributed by atoms with Crippen LogP contribution in [0.1, 0.15) is 16.1 Å². The maximum absolute atomic E-state index is 12.2. The molecule has 0 radical (unpaired) electrons. The van der Waals surface area contributed by atoms with Crippen LogP contribution in [0.2, 0.25) is 0 Å². The van der Waals surface area contributed by atoms with Gasteiger partial charge >= 0.3 is 0 Å². The zero-order valence-corrected chi connectivity index (χ0v) is 14.7. The third kappa shape index (κ3) is 4.00. The SMILES string of the molecule is Cc1ccc(Nc2ccc(C(=O)Nc3ccccc3)nc2)cc1Br. The van der Waals surface area contributed by atoms with E-state index in [0.717, 1.165) is 21.5 Å². The normalized spacial score (nSPS) is 10.2. The summed E-state index contributed by atoms with van der Waals surface area (Å²) in [6.07, 6.45) is 1.65. The highest BCUT2D eigenvalue weighted by molar-refractivity contribution is 9.10. The molecule has 0 unspecified atom stereocenters. The van der Waals surface area contributed by atoms with E-state index in [-0.39, 0.29) is 5.91 Å². The van der Waals surface area contributed by atoms with Crippen LogP contribution in [0.25, 0.3) is 0 Å². The Morgan fingerprint density at radius 1 is 0.958 bits per heavy atom. The van der Waals surface area contributed by atoms with Crippen molar-refractivity contribution in [2.45, 2.75) is 6.92 Å². The molecule has 0 saturated carbocycles. The van der Waals surface area contributed by atoms with Gasteiger partial charge in [-0.1, -0.05) is 40.2 Å². The van der Waals surface area contributed by atoms with Gasteiger partial charge in [0.25, 0.3) is 5.91 Å². The Hall–Kier alpha value is -2.66. The van der Waals surface area contributed by atoms with Crippen molar-refractivity contribution in [3.05, 3.63) is 82.6 Å². The number of hydrogen-bond donors (Lipinski definition) is 2. The molecule has 3 rings (SSSR count). The summed E-state index contributed by atoms with van der Waals surface area (Å²) in [5.74, 6) is -0.231. The summed E-state index contributed by atoms with van der Waals surface area (Å²) in [5.41, 5.74) is 4.06. The lowest BCUT2D eigenvalue weighted by Gasteiger charge is -2.09. The number of para-hydroxylation sites is 1. The molecular weight excluding hydrogens is 366 g/mol. The Bertz CT molecular complexity index is 848. The van der Waals surface area contributed by atoms with E-state index in [1.54, 1.807) is 12.3 Å². The van der Waals surface area contributed by atoms with Gasteiger partial charge in [0.15, 0.2) is 0 Å². The number of carbonyl (C=O) groups is 1. The number of amides is 1. The van der Waals surface area contributed by atoms with Crippen molar-refractivity contribution in [3.63, 3.8) is 0 Å². The highest BCUT2D eigenvalue weighted by Crippen LogP contribution is 2.23. The second-order valence-electron chi connectivity index (χ2n) is 5.34. The number of aryl methyl sites for hydroxylation is 1. The number of carbonyl (C=O) groups excluding carboxylic acids is 1. The number of rotatable bonds is 4.